The fourth-order valence-electron chi connectivity index (χ4n) is 10.6. The third-order valence-electron chi connectivity index (χ3n) is 14.5. The molecule has 0 spiro atoms. The van der Waals surface area contributed by atoms with Crippen LogP contribution in [0.1, 0.15) is 107 Å². The van der Waals surface area contributed by atoms with Crippen molar-refractivity contribution in [1.82, 2.24) is 0 Å². The highest BCUT2D eigenvalue weighted by molar-refractivity contribution is 6.18. The van der Waals surface area contributed by atoms with Gasteiger partial charge < -0.3 is 28.7 Å². The maximum Gasteiger partial charge on any atom is 0.586 e. The summed E-state index contributed by atoms with van der Waals surface area (Å²) in [5.74, 6) is 0.716. The number of Topliss-reactive ketones (excluding diaryl/α,β-unsaturated/α-hetero) is 2. The van der Waals surface area contributed by atoms with Crippen LogP contribution in [0, 0.1) is 22.2 Å². The Bertz CT molecular complexity index is 2660. The van der Waals surface area contributed by atoms with E-state index < -0.39 is 23.4 Å². The van der Waals surface area contributed by atoms with E-state index in [0.717, 1.165) is 41.8 Å². The van der Waals surface area contributed by atoms with Crippen LogP contribution in [-0.2, 0) is 46.1 Å². The number of carbonyl (C=O) groups excluding carboxylic acids is 2. The van der Waals surface area contributed by atoms with Crippen molar-refractivity contribution in [2.75, 3.05) is 28.8 Å². The normalized spacial score (nSPS) is 21.5. The fraction of sp³-hybridized carbons (Fsp3) is 0.491. The van der Waals surface area contributed by atoms with Gasteiger partial charge in [-0.15, -0.1) is 29.2 Å². The molecule has 2 aliphatic carbocycles. The first-order valence-corrected chi connectivity index (χ1v) is 23.7. The molecule has 0 radical (unpaired) electrons. The molecule has 4 aromatic rings. The largest absolute Gasteiger partial charge is 0.586 e. The van der Waals surface area contributed by atoms with E-state index in [1.807, 2.05) is 12.1 Å². The lowest BCUT2D eigenvalue weighted by atomic mass is 9.84. The molecule has 0 N–H and O–H groups in total. The van der Waals surface area contributed by atoms with Gasteiger partial charge in [0.25, 0.3) is 0 Å². The number of hydrogen-bond acceptors (Lipinski definition) is 9. The highest BCUT2D eigenvalue weighted by atomic mass is 35.5. The number of fused-ring (bicyclic) bond motifs is 4. The van der Waals surface area contributed by atoms with Crippen LogP contribution in [0.3, 0.4) is 0 Å². The molecular weight excluding hydrogens is 886 g/mol. The van der Waals surface area contributed by atoms with Crippen LogP contribution in [-0.4, -0.2) is 55.2 Å². The van der Waals surface area contributed by atoms with Gasteiger partial charge >= 0.3 is 12.6 Å². The number of hydrogen-bond donors (Lipinski definition) is 0. The summed E-state index contributed by atoms with van der Waals surface area (Å²) in [6.45, 7) is 14.9. The zero-order valence-corrected chi connectivity index (χ0v) is 39.5. The van der Waals surface area contributed by atoms with E-state index in [2.05, 4.69) is 101 Å². The number of benzene rings is 4. The van der Waals surface area contributed by atoms with Crippen LogP contribution in [0.25, 0.3) is 0 Å². The predicted molar refractivity (Wildman–Crippen MR) is 247 cm³/mol. The summed E-state index contributed by atoms with van der Waals surface area (Å²) >= 11 is 6.09. The van der Waals surface area contributed by atoms with Crippen molar-refractivity contribution in [3.63, 3.8) is 0 Å². The standard InChI is InChI=1S/C27H28F2N2O3.C26H28ClF2NO3/c1-25(2,3)23-15-18-13-17(5-7-20(18)31(23)12-4-11-30)14-24(32)26(9-10-26)19-6-8-21-22(16-19)34-27(28,29)33-21;1-24(2,3)22-14-17-12-16(4-6-19(17)30(22)11-10-27)13-23(31)25(8-9-25)18-5-7-20-21(15-18)33-26(28,29)32-20/h5-8,13,16,23H,4,9-10,12,14-15H2,1-3H3;4-7,12,15,22H,8-11,13-14H2,1-3H3. The molecule has 4 heterocycles. The monoisotopic (exact) mass is 941 g/mol. The number of halogens is 5. The van der Waals surface area contributed by atoms with Crippen molar-refractivity contribution in [3.05, 3.63) is 106 Å². The lowest BCUT2D eigenvalue weighted by Gasteiger charge is -2.36. The third kappa shape index (κ3) is 9.03. The van der Waals surface area contributed by atoms with Gasteiger partial charge in [0, 0.05) is 55.3 Å². The van der Waals surface area contributed by atoms with Gasteiger partial charge in [-0.05, 0) is 119 Å². The van der Waals surface area contributed by atoms with E-state index in [9.17, 15) is 27.2 Å². The SMILES string of the molecule is CC(C)(C)C1Cc2cc(CC(=O)C3(c4ccc5c(c4)OC(F)(F)O5)CC3)ccc2N1CCC#N.CC(C)(C)C1Cc2cc(CC(=O)C3(c4ccc5c(c4)OC(F)(F)O5)CC3)ccc2N1CCCl. The number of ketones is 2. The van der Waals surface area contributed by atoms with E-state index >= 15 is 0 Å². The van der Waals surface area contributed by atoms with Gasteiger partial charge in [-0.1, -0.05) is 77.9 Å². The van der Waals surface area contributed by atoms with Crippen molar-refractivity contribution in [2.24, 2.45) is 10.8 Å². The lowest BCUT2D eigenvalue weighted by molar-refractivity contribution is -0.287. The van der Waals surface area contributed by atoms with Crippen molar-refractivity contribution in [2.45, 2.75) is 135 Å². The van der Waals surface area contributed by atoms with Gasteiger partial charge in [-0.25, -0.2) is 0 Å². The second kappa shape index (κ2) is 16.6. The van der Waals surface area contributed by atoms with E-state index in [4.69, 9.17) is 16.9 Å². The topological polar surface area (TPSA) is 101 Å². The van der Waals surface area contributed by atoms with Crippen LogP contribution in [0.4, 0.5) is 28.9 Å². The van der Waals surface area contributed by atoms with Crippen LogP contribution in [0.5, 0.6) is 23.0 Å². The highest BCUT2D eigenvalue weighted by Gasteiger charge is 2.54. The molecule has 9 nitrogen and oxygen atoms in total. The second-order valence-electron chi connectivity index (χ2n) is 21.1. The van der Waals surface area contributed by atoms with Crippen LogP contribution in [0.2, 0.25) is 0 Å². The number of anilines is 2. The Morgan fingerprint density at radius 1 is 0.627 bits per heavy atom. The minimum Gasteiger partial charge on any atom is -0.395 e. The van der Waals surface area contributed by atoms with Crippen molar-refractivity contribution in [1.29, 1.82) is 5.26 Å². The summed E-state index contributed by atoms with van der Waals surface area (Å²) < 4.78 is 71.7. The van der Waals surface area contributed by atoms with Crippen molar-refractivity contribution < 1.29 is 46.1 Å². The average molecular weight is 942 g/mol. The summed E-state index contributed by atoms with van der Waals surface area (Å²) in [4.78, 5) is 31.5. The molecule has 354 valence electrons. The zero-order chi connectivity index (χ0) is 47.9. The van der Waals surface area contributed by atoms with Crippen LogP contribution in [0.15, 0.2) is 72.8 Å². The molecule has 0 bridgehead atoms. The van der Waals surface area contributed by atoms with Crippen molar-refractivity contribution >= 4 is 34.5 Å². The Labute approximate surface area is 394 Å². The maximum absolute atomic E-state index is 13.4. The number of nitriles is 1. The lowest BCUT2D eigenvalue weighted by Crippen LogP contribution is -2.42. The first-order valence-electron chi connectivity index (χ1n) is 23.1. The molecule has 0 saturated heterocycles. The molecule has 67 heavy (non-hydrogen) atoms. The Morgan fingerprint density at radius 2 is 1.03 bits per heavy atom. The van der Waals surface area contributed by atoms with E-state index in [1.165, 1.54) is 41.1 Å². The van der Waals surface area contributed by atoms with Gasteiger partial charge in [0.15, 0.2) is 23.0 Å². The predicted octanol–water partition coefficient (Wildman–Crippen LogP) is 11.4. The molecule has 2 fully saturated rings. The van der Waals surface area contributed by atoms with E-state index in [0.29, 0.717) is 68.6 Å². The van der Waals surface area contributed by atoms with Crippen LogP contribution < -0.4 is 28.7 Å². The van der Waals surface area contributed by atoms with Gasteiger partial charge in [0.1, 0.15) is 11.6 Å². The summed E-state index contributed by atoms with van der Waals surface area (Å²) in [7, 11) is 0. The molecule has 14 heteroatoms. The Kier molecular flexibility index (Phi) is 11.6. The number of alkyl halides is 5. The summed E-state index contributed by atoms with van der Waals surface area (Å²) in [5, 5.41) is 9.09. The second-order valence-corrected chi connectivity index (χ2v) is 21.5. The zero-order valence-electron chi connectivity index (χ0n) is 38.7. The number of carbonyl (C=O) groups is 2. The first kappa shape index (κ1) is 46.6. The van der Waals surface area contributed by atoms with Gasteiger partial charge in [0.2, 0.25) is 0 Å². The molecule has 0 amide bonds. The van der Waals surface area contributed by atoms with E-state index in [-0.39, 0.29) is 51.8 Å². The smallest absolute Gasteiger partial charge is 0.395 e. The summed E-state index contributed by atoms with van der Waals surface area (Å²) in [5.41, 5.74) is 7.04. The molecule has 6 aliphatic rings. The molecule has 10 rings (SSSR count). The molecular formula is C53H56ClF4N3O6. The third-order valence-corrected chi connectivity index (χ3v) is 14.6. The molecule has 4 aromatic carbocycles. The summed E-state index contributed by atoms with van der Waals surface area (Å²) in [6, 6.07) is 24.7. The molecule has 2 saturated carbocycles. The number of nitrogens with zero attached hydrogens (tertiary/aromatic N) is 3. The first-order chi connectivity index (χ1) is 31.5. The van der Waals surface area contributed by atoms with Crippen molar-refractivity contribution in [3.8, 4) is 29.1 Å². The Balaban J connectivity index is 0.000000168. The fourth-order valence-corrected chi connectivity index (χ4v) is 10.8. The Hall–Kier alpha value is -5.48. The molecule has 0 aromatic heterocycles. The average Bonchev–Trinajstić information content (AvgIpc) is 4.10. The number of ether oxygens (including phenoxy) is 4. The van der Waals surface area contributed by atoms with Crippen LogP contribution >= 0.6 is 11.6 Å². The minimum atomic E-state index is -3.67. The van der Waals surface area contributed by atoms with Gasteiger partial charge in [-0.3, -0.25) is 9.59 Å². The maximum atomic E-state index is 13.4. The quantitative estimate of drug-likeness (QED) is 0.101. The molecule has 2 atom stereocenters. The number of rotatable bonds is 12. The van der Waals surface area contributed by atoms with Gasteiger partial charge in [0.05, 0.1) is 23.3 Å². The van der Waals surface area contributed by atoms with Gasteiger partial charge in [-0.2, -0.15) is 5.26 Å². The highest BCUT2D eigenvalue weighted by Crippen LogP contribution is 2.54. The molecule has 2 unspecified atom stereocenters. The molecule has 4 aliphatic heterocycles. The summed E-state index contributed by atoms with van der Waals surface area (Å²) in [6.07, 6.45) is -1.63. The Morgan fingerprint density at radius 3 is 1.40 bits per heavy atom. The van der Waals surface area contributed by atoms with E-state index in [1.54, 1.807) is 12.1 Å². The minimum absolute atomic E-state index is 0.000485.